The fourth-order valence-electron chi connectivity index (χ4n) is 2.56. The number of urea groups is 1. The average molecular weight is 423 g/mol. The van der Waals surface area contributed by atoms with E-state index >= 15 is 0 Å². The fraction of sp³-hybridized carbons (Fsp3) is 0.312. The Morgan fingerprint density at radius 2 is 1.78 bits per heavy atom. The maximum absolute atomic E-state index is 12.1. The number of halogens is 1. The second kappa shape index (κ2) is 7.58. The van der Waals surface area contributed by atoms with Crippen molar-refractivity contribution in [3.8, 4) is 0 Å². The Morgan fingerprint density at radius 1 is 1.13 bits per heavy atom. The summed E-state index contributed by atoms with van der Waals surface area (Å²) in [5, 5.41) is 5.90. The molecule has 1 aliphatic rings. The van der Waals surface area contributed by atoms with Crippen LogP contribution in [0.3, 0.4) is 0 Å². The molecule has 1 fully saturated rings. The first-order valence-electron chi connectivity index (χ1n) is 7.56. The van der Waals surface area contributed by atoms with Gasteiger partial charge in [-0.15, -0.1) is 0 Å². The number of hydrogen-bond acceptors (Lipinski definition) is 4. The molecule has 2 heterocycles. The number of piperidine rings is 1. The first-order chi connectivity index (χ1) is 11.2. The van der Waals surface area contributed by atoms with E-state index in [2.05, 4.69) is 48.1 Å². The summed E-state index contributed by atoms with van der Waals surface area (Å²) in [7, 11) is 0. The first-order valence-corrected chi connectivity index (χ1v) is 8.63. The number of nitrogens with one attached hydrogen (secondary N) is 2. The summed E-state index contributed by atoms with van der Waals surface area (Å²) in [5.74, 6) is 0.759. The number of benzene rings is 1. The molecule has 120 valence electrons. The minimum Gasteiger partial charge on any atom is -0.341 e. The van der Waals surface area contributed by atoms with Crippen molar-refractivity contribution >= 4 is 40.3 Å². The Labute approximate surface area is 148 Å². The molecule has 1 saturated heterocycles. The Balaban J connectivity index is 1.47. The van der Waals surface area contributed by atoms with Crippen molar-refractivity contribution in [2.45, 2.75) is 18.9 Å². The molecule has 1 aromatic heterocycles. The van der Waals surface area contributed by atoms with Crippen LogP contribution in [0.2, 0.25) is 0 Å². The molecule has 6 nitrogen and oxygen atoms in total. The van der Waals surface area contributed by atoms with Crippen LogP contribution in [0.4, 0.5) is 16.4 Å². The number of nitrogens with zero attached hydrogens (tertiary/aromatic N) is 3. The fourth-order valence-corrected chi connectivity index (χ4v) is 2.92. The molecule has 0 unspecified atom stereocenters. The molecule has 0 saturated carbocycles. The van der Waals surface area contributed by atoms with Crippen LogP contribution in [0.1, 0.15) is 12.8 Å². The summed E-state index contributed by atoms with van der Waals surface area (Å²) in [6.45, 7) is 1.69. The third-order valence-corrected chi connectivity index (χ3v) is 4.49. The molecule has 2 aromatic rings. The van der Waals surface area contributed by atoms with Gasteiger partial charge in [-0.3, -0.25) is 0 Å². The molecule has 0 aliphatic carbocycles. The van der Waals surface area contributed by atoms with Gasteiger partial charge in [0.1, 0.15) is 0 Å². The number of rotatable bonds is 3. The van der Waals surface area contributed by atoms with Crippen LogP contribution in [0.15, 0.2) is 42.7 Å². The zero-order chi connectivity index (χ0) is 16.1. The smallest absolute Gasteiger partial charge is 0.319 e. The molecule has 1 aliphatic heterocycles. The van der Waals surface area contributed by atoms with Gasteiger partial charge in [-0.2, -0.15) is 0 Å². The van der Waals surface area contributed by atoms with E-state index in [0.29, 0.717) is 0 Å². The summed E-state index contributed by atoms with van der Waals surface area (Å²) in [6.07, 6.45) is 5.28. The molecular formula is C16H18IN5O. The van der Waals surface area contributed by atoms with E-state index in [1.807, 2.05) is 30.3 Å². The highest BCUT2D eigenvalue weighted by atomic mass is 127. The zero-order valence-electron chi connectivity index (χ0n) is 12.6. The maximum Gasteiger partial charge on any atom is 0.319 e. The highest BCUT2D eigenvalue weighted by molar-refractivity contribution is 14.1. The molecule has 0 spiro atoms. The van der Waals surface area contributed by atoms with E-state index in [4.69, 9.17) is 0 Å². The topological polar surface area (TPSA) is 70.2 Å². The average Bonchev–Trinajstić information content (AvgIpc) is 2.58. The van der Waals surface area contributed by atoms with E-state index in [-0.39, 0.29) is 12.1 Å². The van der Waals surface area contributed by atoms with E-state index in [1.165, 1.54) is 0 Å². The van der Waals surface area contributed by atoms with E-state index in [9.17, 15) is 4.79 Å². The van der Waals surface area contributed by atoms with Gasteiger partial charge in [-0.1, -0.05) is 0 Å². The monoisotopic (exact) mass is 423 g/mol. The predicted octanol–water partition coefficient (Wildman–Crippen LogP) is 2.87. The highest BCUT2D eigenvalue weighted by Gasteiger charge is 2.22. The van der Waals surface area contributed by atoms with Crippen LogP contribution < -0.4 is 15.5 Å². The van der Waals surface area contributed by atoms with Crippen molar-refractivity contribution in [3.63, 3.8) is 0 Å². The lowest BCUT2D eigenvalue weighted by atomic mass is 10.1. The van der Waals surface area contributed by atoms with Crippen molar-refractivity contribution in [3.05, 3.63) is 46.3 Å². The number of amides is 2. The van der Waals surface area contributed by atoms with E-state index in [0.717, 1.165) is 41.1 Å². The van der Waals surface area contributed by atoms with Crippen LogP contribution in [0, 0.1) is 3.57 Å². The van der Waals surface area contributed by atoms with Crippen molar-refractivity contribution < 1.29 is 4.79 Å². The van der Waals surface area contributed by atoms with Crippen LogP contribution >= 0.6 is 22.6 Å². The predicted molar refractivity (Wildman–Crippen MR) is 98.6 cm³/mol. The Morgan fingerprint density at radius 3 is 2.43 bits per heavy atom. The van der Waals surface area contributed by atoms with Gasteiger partial charge in [0.15, 0.2) is 0 Å². The summed E-state index contributed by atoms with van der Waals surface area (Å²) >= 11 is 2.24. The molecule has 0 bridgehead atoms. The normalized spacial score (nSPS) is 15.3. The van der Waals surface area contributed by atoms with Gasteiger partial charge < -0.3 is 15.5 Å². The van der Waals surface area contributed by atoms with E-state index < -0.39 is 0 Å². The Hall–Kier alpha value is -1.90. The molecule has 7 heteroatoms. The second-order valence-corrected chi connectivity index (χ2v) is 6.66. The van der Waals surface area contributed by atoms with Gasteiger partial charge in [0, 0.05) is 40.8 Å². The molecule has 0 radical (unpaired) electrons. The lowest BCUT2D eigenvalue weighted by Crippen LogP contribution is -2.46. The minimum absolute atomic E-state index is 0.152. The number of carbonyl (C=O) groups is 1. The zero-order valence-corrected chi connectivity index (χ0v) is 14.7. The minimum atomic E-state index is -0.152. The van der Waals surface area contributed by atoms with Gasteiger partial charge in [0.2, 0.25) is 5.95 Å². The third kappa shape index (κ3) is 4.54. The summed E-state index contributed by atoms with van der Waals surface area (Å²) in [4.78, 5) is 22.7. The number of hydrogen-bond donors (Lipinski definition) is 2. The summed E-state index contributed by atoms with van der Waals surface area (Å²) in [5.41, 5.74) is 0.804. The van der Waals surface area contributed by atoms with Crippen molar-refractivity contribution in [2.75, 3.05) is 23.3 Å². The van der Waals surface area contributed by atoms with Gasteiger partial charge >= 0.3 is 6.03 Å². The number of aromatic nitrogens is 2. The number of anilines is 2. The number of carbonyl (C=O) groups excluding carboxylic acids is 1. The molecule has 0 atom stereocenters. The van der Waals surface area contributed by atoms with Crippen LogP contribution in [-0.4, -0.2) is 35.1 Å². The van der Waals surface area contributed by atoms with Gasteiger partial charge in [0.05, 0.1) is 0 Å². The molecule has 3 rings (SSSR count). The van der Waals surface area contributed by atoms with Crippen molar-refractivity contribution in [1.29, 1.82) is 0 Å². The van der Waals surface area contributed by atoms with E-state index in [1.54, 1.807) is 12.4 Å². The van der Waals surface area contributed by atoms with Crippen molar-refractivity contribution in [2.24, 2.45) is 0 Å². The van der Waals surface area contributed by atoms with Crippen molar-refractivity contribution in [1.82, 2.24) is 15.3 Å². The van der Waals surface area contributed by atoms with Crippen LogP contribution in [0.5, 0.6) is 0 Å². The maximum atomic E-state index is 12.1. The van der Waals surface area contributed by atoms with Gasteiger partial charge in [-0.25, -0.2) is 14.8 Å². The largest absolute Gasteiger partial charge is 0.341 e. The standard InChI is InChI=1S/C16H18IN5O/c17-12-2-4-13(5-3-12)20-16(23)21-14-6-10-22(11-7-14)15-18-8-1-9-19-15/h1-5,8-9,14H,6-7,10-11H2,(H2,20,21,23). The first kappa shape index (κ1) is 16.0. The second-order valence-electron chi connectivity index (χ2n) is 5.42. The summed E-state index contributed by atoms with van der Waals surface area (Å²) in [6, 6.07) is 9.57. The highest BCUT2D eigenvalue weighted by Crippen LogP contribution is 2.16. The molecular weight excluding hydrogens is 405 g/mol. The lowest BCUT2D eigenvalue weighted by Gasteiger charge is -2.32. The molecule has 2 N–H and O–H groups in total. The molecule has 23 heavy (non-hydrogen) atoms. The third-order valence-electron chi connectivity index (χ3n) is 3.77. The quantitative estimate of drug-likeness (QED) is 0.746. The molecule has 2 amide bonds. The Kier molecular flexibility index (Phi) is 5.27. The van der Waals surface area contributed by atoms with Crippen LogP contribution in [0.25, 0.3) is 0 Å². The summed E-state index contributed by atoms with van der Waals surface area (Å²) < 4.78 is 1.14. The molecule has 1 aromatic carbocycles. The SMILES string of the molecule is O=C(Nc1ccc(I)cc1)NC1CCN(c2ncccn2)CC1. The lowest BCUT2D eigenvalue weighted by molar-refractivity contribution is 0.246. The van der Waals surface area contributed by atoms with Gasteiger partial charge in [-0.05, 0) is 65.8 Å². The van der Waals surface area contributed by atoms with Gasteiger partial charge in [0.25, 0.3) is 0 Å². The van der Waals surface area contributed by atoms with Crippen LogP contribution in [-0.2, 0) is 0 Å². The Bertz CT molecular complexity index is 641.